The maximum atomic E-state index is 9.98. The van der Waals surface area contributed by atoms with E-state index in [1.54, 1.807) is 7.11 Å². The molecule has 0 aliphatic heterocycles. The molecule has 0 aliphatic rings. The van der Waals surface area contributed by atoms with E-state index in [2.05, 4.69) is 37.2 Å². The molecule has 0 radical (unpaired) electrons. The summed E-state index contributed by atoms with van der Waals surface area (Å²) in [6.45, 7) is 1.06. The van der Waals surface area contributed by atoms with Crippen molar-refractivity contribution in [2.24, 2.45) is 0 Å². The first-order valence-corrected chi connectivity index (χ1v) is 7.68. The molecule has 0 saturated carbocycles. The summed E-state index contributed by atoms with van der Waals surface area (Å²) in [5.41, 5.74) is 2.88. The summed E-state index contributed by atoms with van der Waals surface area (Å²) in [5.74, 6) is 0.267. The van der Waals surface area contributed by atoms with Crippen molar-refractivity contribution in [3.63, 3.8) is 0 Å². The van der Waals surface area contributed by atoms with Gasteiger partial charge in [0, 0.05) is 34.9 Å². The summed E-state index contributed by atoms with van der Waals surface area (Å²) in [6, 6.07) is 11.5. The molecule has 106 valence electrons. The van der Waals surface area contributed by atoms with Crippen LogP contribution in [0.15, 0.2) is 45.3 Å². The van der Waals surface area contributed by atoms with E-state index in [1.165, 1.54) is 0 Å². The van der Waals surface area contributed by atoms with Gasteiger partial charge in [-0.05, 0) is 34.1 Å². The number of rotatable bonds is 5. The van der Waals surface area contributed by atoms with E-state index >= 15 is 0 Å². The number of hydrogen-bond acceptors (Lipinski definition) is 3. The Hall–Kier alpha value is -1.04. The van der Waals surface area contributed by atoms with E-state index in [4.69, 9.17) is 4.74 Å². The third-order valence-electron chi connectivity index (χ3n) is 2.95. The Morgan fingerprint density at radius 1 is 1.10 bits per heavy atom. The first-order chi connectivity index (χ1) is 9.63. The van der Waals surface area contributed by atoms with Gasteiger partial charge in [-0.25, -0.2) is 0 Å². The van der Waals surface area contributed by atoms with Crippen LogP contribution in [0.2, 0.25) is 0 Å². The highest BCUT2D eigenvalue weighted by Crippen LogP contribution is 2.30. The van der Waals surface area contributed by atoms with Crippen molar-refractivity contribution in [1.29, 1.82) is 0 Å². The first-order valence-electron chi connectivity index (χ1n) is 6.10. The van der Waals surface area contributed by atoms with E-state index in [1.807, 2.05) is 36.4 Å². The van der Waals surface area contributed by atoms with Crippen molar-refractivity contribution in [2.75, 3.05) is 12.4 Å². The zero-order chi connectivity index (χ0) is 14.5. The maximum absolute atomic E-state index is 9.98. The van der Waals surface area contributed by atoms with Crippen molar-refractivity contribution in [1.82, 2.24) is 0 Å². The van der Waals surface area contributed by atoms with Gasteiger partial charge < -0.3 is 15.2 Å². The second kappa shape index (κ2) is 7.11. The molecular formula is C15H15Br2NO2. The molecule has 2 rings (SSSR count). The first kappa shape index (κ1) is 15.4. The molecule has 2 aromatic carbocycles. The summed E-state index contributed by atoms with van der Waals surface area (Å²) in [5, 5.41) is 13.3. The molecule has 0 amide bonds. The second-order valence-corrected chi connectivity index (χ2v) is 6.01. The number of hydrogen-bond donors (Lipinski definition) is 2. The lowest BCUT2D eigenvalue weighted by molar-refractivity contribution is 0.185. The molecule has 2 aromatic rings. The summed E-state index contributed by atoms with van der Waals surface area (Å²) < 4.78 is 6.92. The quantitative estimate of drug-likeness (QED) is 0.765. The standard InChI is InChI=1S/C15H15Br2NO2/c1-20-9-11-12(16)5-3-7-14(11)18-8-10-4-2-6-13(17)15(10)19/h2-7,18-19H,8-9H2,1H3. The molecule has 0 atom stereocenters. The van der Waals surface area contributed by atoms with Gasteiger partial charge >= 0.3 is 0 Å². The van der Waals surface area contributed by atoms with Crippen LogP contribution >= 0.6 is 31.9 Å². The van der Waals surface area contributed by atoms with E-state index in [0.717, 1.165) is 21.3 Å². The summed E-state index contributed by atoms with van der Waals surface area (Å²) in [6.07, 6.45) is 0. The monoisotopic (exact) mass is 399 g/mol. The van der Waals surface area contributed by atoms with Crippen LogP contribution in [0.1, 0.15) is 11.1 Å². The molecule has 0 unspecified atom stereocenters. The molecule has 0 spiro atoms. The van der Waals surface area contributed by atoms with Gasteiger partial charge in [0.25, 0.3) is 0 Å². The lowest BCUT2D eigenvalue weighted by Crippen LogP contribution is -2.04. The average Bonchev–Trinajstić information content (AvgIpc) is 2.44. The van der Waals surface area contributed by atoms with Crippen molar-refractivity contribution < 1.29 is 9.84 Å². The van der Waals surface area contributed by atoms with Gasteiger partial charge in [0.1, 0.15) is 5.75 Å². The highest BCUT2D eigenvalue weighted by Gasteiger charge is 2.08. The van der Waals surface area contributed by atoms with Crippen LogP contribution in [0.3, 0.4) is 0 Å². The van der Waals surface area contributed by atoms with E-state index < -0.39 is 0 Å². The molecule has 3 nitrogen and oxygen atoms in total. The van der Waals surface area contributed by atoms with Crippen molar-refractivity contribution in [3.8, 4) is 5.75 Å². The Bertz CT molecular complexity index is 602. The zero-order valence-corrected chi connectivity index (χ0v) is 14.2. The van der Waals surface area contributed by atoms with E-state index in [9.17, 15) is 5.11 Å². The number of nitrogens with one attached hydrogen (secondary N) is 1. The molecule has 0 heterocycles. The summed E-state index contributed by atoms with van der Waals surface area (Å²) in [7, 11) is 1.67. The van der Waals surface area contributed by atoms with E-state index in [-0.39, 0.29) is 5.75 Å². The number of phenolic OH excluding ortho intramolecular Hbond substituents is 1. The van der Waals surface area contributed by atoms with Gasteiger partial charge in [-0.3, -0.25) is 0 Å². The van der Waals surface area contributed by atoms with Gasteiger partial charge in [-0.1, -0.05) is 34.1 Å². The number of anilines is 1. The number of aromatic hydroxyl groups is 1. The van der Waals surface area contributed by atoms with Crippen molar-refractivity contribution >= 4 is 37.5 Å². The largest absolute Gasteiger partial charge is 0.506 e. The number of ether oxygens (including phenoxy) is 1. The average molecular weight is 401 g/mol. The van der Waals surface area contributed by atoms with Crippen LogP contribution < -0.4 is 5.32 Å². The Kier molecular flexibility index (Phi) is 5.46. The summed E-state index contributed by atoms with van der Waals surface area (Å²) >= 11 is 6.84. The Balaban J connectivity index is 2.19. The third-order valence-corrected chi connectivity index (χ3v) is 4.33. The molecule has 2 N–H and O–H groups in total. The minimum atomic E-state index is 0.267. The van der Waals surface area contributed by atoms with Crippen LogP contribution in [0.4, 0.5) is 5.69 Å². The van der Waals surface area contributed by atoms with Crippen LogP contribution in [0.25, 0.3) is 0 Å². The fourth-order valence-corrected chi connectivity index (χ4v) is 2.80. The number of methoxy groups -OCH3 is 1. The van der Waals surface area contributed by atoms with Gasteiger partial charge in [-0.2, -0.15) is 0 Å². The molecule has 0 aromatic heterocycles. The van der Waals surface area contributed by atoms with Gasteiger partial charge in [0.15, 0.2) is 0 Å². The topological polar surface area (TPSA) is 41.5 Å². The minimum Gasteiger partial charge on any atom is -0.506 e. The number of benzene rings is 2. The molecule has 5 heteroatoms. The van der Waals surface area contributed by atoms with Crippen molar-refractivity contribution in [3.05, 3.63) is 56.5 Å². The highest BCUT2D eigenvalue weighted by atomic mass is 79.9. The molecule has 0 aliphatic carbocycles. The Labute approximate surface area is 135 Å². The van der Waals surface area contributed by atoms with Crippen LogP contribution in [-0.2, 0) is 17.9 Å². The molecule has 0 fully saturated rings. The van der Waals surface area contributed by atoms with Gasteiger partial charge in [-0.15, -0.1) is 0 Å². The lowest BCUT2D eigenvalue weighted by Gasteiger charge is -2.14. The predicted octanol–water partition coefficient (Wildman–Crippen LogP) is 4.68. The van der Waals surface area contributed by atoms with Crippen molar-refractivity contribution in [2.45, 2.75) is 13.2 Å². The Morgan fingerprint density at radius 2 is 1.80 bits per heavy atom. The zero-order valence-electron chi connectivity index (χ0n) is 11.0. The minimum absolute atomic E-state index is 0.267. The van der Waals surface area contributed by atoms with Crippen LogP contribution in [0, 0.1) is 0 Å². The molecule has 0 bridgehead atoms. The molecule has 0 saturated heterocycles. The maximum Gasteiger partial charge on any atom is 0.134 e. The fourth-order valence-electron chi connectivity index (χ4n) is 1.91. The Morgan fingerprint density at radius 3 is 2.55 bits per heavy atom. The van der Waals surface area contributed by atoms with Crippen LogP contribution in [0.5, 0.6) is 5.75 Å². The molecule has 20 heavy (non-hydrogen) atoms. The SMILES string of the molecule is COCc1c(Br)cccc1NCc1cccc(Br)c1O. The lowest BCUT2D eigenvalue weighted by atomic mass is 10.1. The highest BCUT2D eigenvalue weighted by molar-refractivity contribution is 9.10. The molecular weight excluding hydrogens is 386 g/mol. The normalized spacial score (nSPS) is 10.6. The second-order valence-electron chi connectivity index (χ2n) is 4.30. The number of halogens is 2. The number of phenols is 1. The van der Waals surface area contributed by atoms with E-state index in [0.29, 0.717) is 17.6 Å². The predicted molar refractivity (Wildman–Crippen MR) is 88.0 cm³/mol. The third kappa shape index (κ3) is 3.53. The van der Waals surface area contributed by atoms with Gasteiger partial charge in [0.05, 0.1) is 11.1 Å². The fraction of sp³-hybridized carbons (Fsp3) is 0.200. The number of para-hydroxylation sites is 1. The summed E-state index contributed by atoms with van der Waals surface area (Å²) in [4.78, 5) is 0. The van der Waals surface area contributed by atoms with Crippen LogP contribution in [-0.4, -0.2) is 12.2 Å². The van der Waals surface area contributed by atoms with Gasteiger partial charge in [0.2, 0.25) is 0 Å². The smallest absolute Gasteiger partial charge is 0.134 e.